The predicted molar refractivity (Wildman–Crippen MR) is 104 cm³/mol. The number of alkyl halides is 3. The minimum absolute atomic E-state index is 0.150. The summed E-state index contributed by atoms with van der Waals surface area (Å²) in [6.07, 6.45) is -2.24. The van der Waals surface area contributed by atoms with Crippen molar-refractivity contribution in [3.63, 3.8) is 0 Å². The Morgan fingerprint density at radius 2 is 1.77 bits per heavy atom. The molecule has 5 nitrogen and oxygen atoms in total. The van der Waals surface area contributed by atoms with Gasteiger partial charge in [0.1, 0.15) is 11.5 Å². The number of rotatable bonds is 6. The second-order valence-corrected chi connectivity index (χ2v) is 7.47. The Hall–Kier alpha value is -3.03. The van der Waals surface area contributed by atoms with Crippen molar-refractivity contribution in [3.05, 3.63) is 64.5 Å². The van der Waals surface area contributed by atoms with E-state index in [1.807, 2.05) is 13.8 Å². The molecule has 162 valence electrons. The number of benzene rings is 1. The number of carboxylic acid groups (broad SMARTS) is 1. The molecule has 0 spiro atoms. The minimum Gasteiger partial charge on any atom is -0.500 e. The first-order valence-corrected chi connectivity index (χ1v) is 9.08. The summed E-state index contributed by atoms with van der Waals surface area (Å²) < 4.78 is 47.3. The topological polar surface area (TPSA) is 72.8 Å². The molecule has 0 heterocycles. The third-order valence-corrected chi connectivity index (χ3v) is 5.40. The van der Waals surface area contributed by atoms with Crippen LogP contribution in [0.4, 0.5) is 13.2 Å². The second kappa shape index (κ2) is 8.38. The number of carbonyl (C=O) groups excluding carboxylic acids is 1. The monoisotopic (exact) mass is 424 g/mol. The van der Waals surface area contributed by atoms with Gasteiger partial charge in [-0.25, -0.2) is 4.79 Å². The summed E-state index contributed by atoms with van der Waals surface area (Å²) in [7, 11) is 1.41. The number of ketones is 1. The third-order valence-electron chi connectivity index (χ3n) is 5.40. The highest BCUT2D eigenvalue weighted by Gasteiger charge is 2.41. The van der Waals surface area contributed by atoms with Gasteiger partial charge in [-0.05, 0) is 37.5 Å². The molecule has 0 aromatic heterocycles. The van der Waals surface area contributed by atoms with E-state index < -0.39 is 35.2 Å². The van der Waals surface area contributed by atoms with Crippen molar-refractivity contribution in [1.82, 2.24) is 0 Å². The molecular formula is C22H23F3O5. The van der Waals surface area contributed by atoms with Crippen LogP contribution in [0.3, 0.4) is 0 Å². The number of para-hydroxylation sites is 1. The molecule has 2 rings (SSSR count). The average molecular weight is 424 g/mol. The number of aliphatic carboxylic acids is 1. The Kier molecular flexibility index (Phi) is 6.49. The molecule has 8 heteroatoms. The maximum Gasteiger partial charge on any atom is 0.573 e. The Balaban J connectivity index is 2.45. The second-order valence-electron chi connectivity index (χ2n) is 7.47. The maximum absolute atomic E-state index is 12.6. The fraction of sp³-hybridized carbons (Fsp3) is 0.364. The summed E-state index contributed by atoms with van der Waals surface area (Å²) in [6.45, 7) is 6.96. The Morgan fingerprint density at radius 3 is 2.30 bits per heavy atom. The SMILES string of the molecule is COC1=C(C)C(C(=O)O)=C(C)C(C)(C)C1C=CC(=O)c1ccccc1OC(F)(F)F. The smallest absolute Gasteiger partial charge is 0.500 e. The van der Waals surface area contributed by atoms with Gasteiger partial charge in [0.05, 0.1) is 18.2 Å². The highest BCUT2D eigenvalue weighted by Crippen LogP contribution is 2.48. The number of carboxylic acids is 1. The van der Waals surface area contributed by atoms with E-state index in [1.54, 1.807) is 13.8 Å². The van der Waals surface area contributed by atoms with Crippen molar-refractivity contribution in [3.8, 4) is 5.75 Å². The number of methoxy groups -OCH3 is 1. The van der Waals surface area contributed by atoms with Crippen LogP contribution in [0.2, 0.25) is 0 Å². The van der Waals surface area contributed by atoms with Crippen LogP contribution in [0.1, 0.15) is 38.1 Å². The molecular weight excluding hydrogens is 401 g/mol. The molecule has 0 aliphatic heterocycles. The Bertz CT molecular complexity index is 952. The van der Waals surface area contributed by atoms with Crippen LogP contribution in [0.15, 0.2) is 58.9 Å². The van der Waals surface area contributed by atoms with Gasteiger partial charge < -0.3 is 14.6 Å². The molecule has 1 aliphatic carbocycles. The quantitative estimate of drug-likeness (QED) is 0.496. The fourth-order valence-corrected chi connectivity index (χ4v) is 3.61. The molecule has 0 saturated carbocycles. The lowest BCUT2D eigenvalue weighted by Gasteiger charge is -2.40. The van der Waals surface area contributed by atoms with Crippen molar-refractivity contribution >= 4 is 11.8 Å². The minimum atomic E-state index is -4.93. The van der Waals surface area contributed by atoms with Gasteiger partial charge in [-0.15, -0.1) is 13.2 Å². The highest BCUT2D eigenvalue weighted by atomic mass is 19.4. The number of carbonyl (C=O) groups is 2. The molecule has 0 saturated heterocycles. The van der Waals surface area contributed by atoms with Crippen molar-refractivity contribution in [2.24, 2.45) is 11.3 Å². The van der Waals surface area contributed by atoms with Gasteiger partial charge in [0.25, 0.3) is 0 Å². The number of ether oxygens (including phenoxy) is 2. The van der Waals surface area contributed by atoms with Crippen LogP contribution >= 0.6 is 0 Å². The van der Waals surface area contributed by atoms with Gasteiger partial charge in [-0.2, -0.15) is 0 Å². The fourth-order valence-electron chi connectivity index (χ4n) is 3.61. The third kappa shape index (κ3) is 4.58. The summed E-state index contributed by atoms with van der Waals surface area (Å²) >= 11 is 0. The Labute approximate surface area is 172 Å². The molecule has 1 N–H and O–H groups in total. The van der Waals surface area contributed by atoms with Crippen molar-refractivity contribution in [2.45, 2.75) is 34.1 Å². The lowest BCUT2D eigenvalue weighted by molar-refractivity contribution is -0.274. The molecule has 0 amide bonds. The zero-order chi connectivity index (χ0) is 22.9. The van der Waals surface area contributed by atoms with E-state index in [2.05, 4.69) is 4.74 Å². The zero-order valence-corrected chi connectivity index (χ0v) is 17.3. The van der Waals surface area contributed by atoms with Gasteiger partial charge in [-0.3, -0.25) is 4.79 Å². The first kappa shape index (κ1) is 23.3. The van der Waals surface area contributed by atoms with Gasteiger partial charge in [0, 0.05) is 11.5 Å². The van der Waals surface area contributed by atoms with Crippen LogP contribution in [-0.2, 0) is 9.53 Å². The molecule has 30 heavy (non-hydrogen) atoms. The molecule has 1 aliphatic rings. The van der Waals surface area contributed by atoms with Crippen LogP contribution < -0.4 is 4.74 Å². The first-order chi connectivity index (χ1) is 13.8. The summed E-state index contributed by atoms with van der Waals surface area (Å²) in [5.74, 6) is -2.46. The van der Waals surface area contributed by atoms with Crippen molar-refractivity contribution in [1.29, 1.82) is 0 Å². The zero-order valence-electron chi connectivity index (χ0n) is 17.3. The number of allylic oxidation sites excluding steroid dienone is 3. The Morgan fingerprint density at radius 1 is 1.17 bits per heavy atom. The standard InChI is InChI=1S/C22H23F3O5/c1-12-18(20(27)28)13(2)21(3,4)15(19(12)29-5)10-11-16(26)14-8-6-7-9-17(14)30-22(23,24)25/h6-11,15H,1-5H3,(H,27,28). The molecule has 1 aromatic rings. The molecule has 0 fully saturated rings. The molecule has 0 bridgehead atoms. The highest BCUT2D eigenvalue weighted by molar-refractivity contribution is 6.06. The summed E-state index contributed by atoms with van der Waals surface area (Å²) in [5, 5.41) is 9.58. The van der Waals surface area contributed by atoms with Crippen LogP contribution in [-0.4, -0.2) is 30.3 Å². The lowest BCUT2D eigenvalue weighted by Crippen LogP contribution is -2.33. The van der Waals surface area contributed by atoms with Crippen LogP contribution in [0, 0.1) is 11.3 Å². The lowest BCUT2D eigenvalue weighted by atomic mass is 9.66. The summed E-state index contributed by atoms with van der Waals surface area (Å²) in [4.78, 5) is 24.3. The number of hydrogen-bond donors (Lipinski definition) is 1. The van der Waals surface area contributed by atoms with E-state index >= 15 is 0 Å². The molecule has 1 atom stereocenters. The number of halogens is 3. The largest absolute Gasteiger partial charge is 0.573 e. The maximum atomic E-state index is 12.6. The summed E-state index contributed by atoms with van der Waals surface area (Å²) in [5.41, 5.74) is 0.243. The van der Waals surface area contributed by atoms with Crippen LogP contribution in [0.25, 0.3) is 0 Å². The predicted octanol–water partition coefficient (Wildman–Crippen LogP) is 5.30. The molecule has 1 unspecified atom stereocenters. The average Bonchev–Trinajstić information content (AvgIpc) is 2.62. The number of hydrogen-bond acceptors (Lipinski definition) is 4. The molecule has 1 aromatic carbocycles. The van der Waals surface area contributed by atoms with E-state index in [0.29, 0.717) is 16.9 Å². The van der Waals surface area contributed by atoms with Gasteiger partial charge >= 0.3 is 12.3 Å². The van der Waals surface area contributed by atoms with E-state index in [4.69, 9.17) is 4.74 Å². The summed E-state index contributed by atoms with van der Waals surface area (Å²) in [6, 6.07) is 5.08. The van der Waals surface area contributed by atoms with E-state index in [1.165, 1.54) is 31.4 Å². The normalized spacial score (nSPS) is 19.3. The van der Waals surface area contributed by atoms with E-state index in [9.17, 15) is 27.9 Å². The van der Waals surface area contributed by atoms with E-state index in [0.717, 1.165) is 12.1 Å². The first-order valence-electron chi connectivity index (χ1n) is 9.08. The van der Waals surface area contributed by atoms with Crippen molar-refractivity contribution in [2.75, 3.05) is 7.11 Å². The van der Waals surface area contributed by atoms with E-state index in [-0.39, 0.29) is 11.1 Å². The van der Waals surface area contributed by atoms with Crippen LogP contribution in [0.5, 0.6) is 5.75 Å². The van der Waals surface area contributed by atoms with Crippen molar-refractivity contribution < 1.29 is 37.3 Å². The van der Waals surface area contributed by atoms with Gasteiger partial charge in [0.15, 0.2) is 5.78 Å². The molecule has 0 radical (unpaired) electrons. The van der Waals surface area contributed by atoms with Gasteiger partial charge in [0.2, 0.25) is 0 Å². The van der Waals surface area contributed by atoms with Gasteiger partial charge in [-0.1, -0.05) is 37.6 Å².